The summed E-state index contributed by atoms with van der Waals surface area (Å²) in [7, 11) is -2.10. The van der Waals surface area contributed by atoms with Crippen molar-refractivity contribution in [3.63, 3.8) is 0 Å². The third-order valence-electron chi connectivity index (χ3n) is 4.39. The van der Waals surface area contributed by atoms with Crippen LogP contribution in [0.5, 0.6) is 0 Å². The molecule has 132 valence electrons. The molecule has 0 saturated heterocycles. The number of rotatable bonds is 7. The fourth-order valence-electron chi connectivity index (χ4n) is 3.17. The van der Waals surface area contributed by atoms with Crippen LogP contribution in [0.1, 0.15) is 19.8 Å². The molecule has 0 aliphatic heterocycles. The molecular weight excluding hydrogens is 337 g/mol. The lowest BCUT2D eigenvalue weighted by atomic mass is 10.2. The second-order valence-electron chi connectivity index (χ2n) is 6.31. The van der Waals surface area contributed by atoms with E-state index in [0.29, 0.717) is 13.0 Å². The van der Waals surface area contributed by atoms with Gasteiger partial charge in [0.1, 0.15) is 5.78 Å². The number of ketones is 1. The highest BCUT2D eigenvalue weighted by molar-refractivity contribution is 7.87. The summed E-state index contributed by atoms with van der Waals surface area (Å²) in [5, 5.41) is 3.75. The van der Waals surface area contributed by atoms with Crippen LogP contribution in [0.3, 0.4) is 0 Å². The number of hydrogen-bond acceptors (Lipinski definition) is 2. The number of Topliss-reactive ketones (excluding diaryl/α,β-unsaturated/α-hetero) is 1. The minimum atomic E-state index is -2.10. The van der Waals surface area contributed by atoms with Crippen LogP contribution in [0.2, 0.25) is 0 Å². The molecule has 3 aromatic rings. The number of hydrogen-bond donors (Lipinski definition) is 0. The Balaban J connectivity index is 2.21. The van der Waals surface area contributed by atoms with E-state index in [-0.39, 0.29) is 5.78 Å². The van der Waals surface area contributed by atoms with Gasteiger partial charge in [-0.25, -0.2) is 0 Å². The molecule has 0 N–H and O–H groups in total. The zero-order valence-electron chi connectivity index (χ0n) is 15.1. The van der Waals surface area contributed by atoms with Crippen molar-refractivity contribution < 1.29 is 4.79 Å². The first kappa shape index (κ1) is 18.4. The summed E-state index contributed by atoms with van der Waals surface area (Å²) in [5.74, 6) is 0.225. The van der Waals surface area contributed by atoms with Crippen molar-refractivity contribution in [2.45, 2.75) is 19.8 Å². The molecular formula is C23H24NOP. The lowest BCUT2D eigenvalue weighted by Crippen LogP contribution is -2.25. The summed E-state index contributed by atoms with van der Waals surface area (Å²) in [6.45, 7) is 2.33. The molecule has 0 radical (unpaired) electrons. The van der Waals surface area contributed by atoms with Gasteiger partial charge in [-0.2, -0.15) is 0 Å². The third-order valence-corrected chi connectivity index (χ3v) is 8.15. The Bertz CT molecular complexity index is 786. The number of benzene rings is 3. The predicted molar refractivity (Wildman–Crippen MR) is 112 cm³/mol. The highest BCUT2D eigenvalue weighted by Gasteiger charge is 2.26. The summed E-state index contributed by atoms with van der Waals surface area (Å²) >= 11 is 0. The molecule has 2 nitrogen and oxygen atoms in total. The molecule has 3 heteroatoms. The van der Waals surface area contributed by atoms with Crippen LogP contribution in [0.25, 0.3) is 0 Å². The summed E-state index contributed by atoms with van der Waals surface area (Å²) in [4.78, 5) is 11.3. The van der Waals surface area contributed by atoms with Gasteiger partial charge in [-0.15, -0.1) is 0 Å². The molecule has 26 heavy (non-hydrogen) atoms. The summed E-state index contributed by atoms with van der Waals surface area (Å²) in [5.41, 5.74) is 0. The van der Waals surface area contributed by atoms with Crippen molar-refractivity contribution in [2.75, 3.05) is 6.54 Å². The Morgan fingerprint density at radius 3 is 1.46 bits per heavy atom. The van der Waals surface area contributed by atoms with Crippen molar-refractivity contribution in [3.8, 4) is 0 Å². The van der Waals surface area contributed by atoms with Gasteiger partial charge in [0.25, 0.3) is 0 Å². The number of carbonyl (C=O) groups excluding carboxylic acids is 1. The van der Waals surface area contributed by atoms with Crippen LogP contribution in [-0.2, 0) is 4.79 Å². The molecule has 0 heterocycles. The second-order valence-corrected chi connectivity index (χ2v) is 9.42. The topological polar surface area (TPSA) is 29.4 Å². The first-order valence-corrected chi connectivity index (χ1v) is 10.7. The molecule has 0 amide bonds. The highest BCUT2D eigenvalue weighted by Crippen LogP contribution is 2.46. The Labute approximate surface area is 156 Å². The molecule has 0 aromatic heterocycles. The smallest absolute Gasteiger partial charge is 0.129 e. The average Bonchev–Trinajstić information content (AvgIpc) is 2.70. The lowest BCUT2D eigenvalue weighted by molar-refractivity contribution is -0.117. The Kier molecular flexibility index (Phi) is 6.20. The monoisotopic (exact) mass is 361 g/mol. The van der Waals surface area contributed by atoms with Crippen molar-refractivity contribution in [1.29, 1.82) is 0 Å². The minimum Gasteiger partial charge on any atom is -0.300 e. The van der Waals surface area contributed by atoms with Crippen molar-refractivity contribution in [2.24, 2.45) is 4.74 Å². The zero-order valence-corrected chi connectivity index (χ0v) is 16.0. The first-order chi connectivity index (χ1) is 12.7. The van der Waals surface area contributed by atoms with Crippen LogP contribution in [0.15, 0.2) is 95.7 Å². The van der Waals surface area contributed by atoms with Gasteiger partial charge in [0.05, 0.1) is 7.05 Å². The lowest BCUT2D eigenvalue weighted by Gasteiger charge is -2.27. The van der Waals surface area contributed by atoms with Gasteiger partial charge in [0.2, 0.25) is 0 Å². The summed E-state index contributed by atoms with van der Waals surface area (Å²) < 4.78 is 5.30. The number of nitrogens with zero attached hydrogens (tertiary/aromatic N) is 1. The number of carbonyl (C=O) groups is 1. The normalized spacial score (nSPS) is 11.1. The van der Waals surface area contributed by atoms with E-state index in [0.717, 1.165) is 6.42 Å². The average molecular weight is 361 g/mol. The van der Waals surface area contributed by atoms with Crippen LogP contribution in [0, 0.1) is 0 Å². The molecule has 0 fully saturated rings. The van der Waals surface area contributed by atoms with Gasteiger partial charge in [0.15, 0.2) is 0 Å². The molecule has 0 saturated carbocycles. The fraction of sp³-hybridized carbons (Fsp3) is 0.174. The molecule has 0 aliphatic carbocycles. The van der Waals surface area contributed by atoms with E-state index >= 15 is 0 Å². The van der Waals surface area contributed by atoms with Crippen molar-refractivity contribution in [3.05, 3.63) is 91.0 Å². The molecule has 3 rings (SSSR count). The van der Waals surface area contributed by atoms with E-state index in [4.69, 9.17) is 4.74 Å². The van der Waals surface area contributed by atoms with Gasteiger partial charge in [-0.3, -0.25) is 4.74 Å². The quantitative estimate of drug-likeness (QED) is 0.449. The predicted octanol–water partition coefficient (Wildman–Crippen LogP) is 4.53. The van der Waals surface area contributed by atoms with Gasteiger partial charge in [0, 0.05) is 28.9 Å². The molecule has 0 aliphatic rings. The molecule has 0 atom stereocenters. The first-order valence-electron chi connectivity index (χ1n) is 8.98. The highest BCUT2D eigenvalue weighted by atomic mass is 31.2. The van der Waals surface area contributed by atoms with Crippen LogP contribution in [-0.4, -0.2) is 12.3 Å². The fourth-order valence-corrected chi connectivity index (χ4v) is 6.81. The van der Waals surface area contributed by atoms with Gasteiger partial charge in [-0.1, -0.05) is 91.0 Å². The maximum Gasteiger partial charge on any atom is 0.129 e. The summed E-state index contributed by atoms with van der Waals surface area (Å²) in [6, 6.07) is 31.7. The second kappa shape index (κ2) is 8.78. The van der Waals surface area contributed by atoms with E-state index < -0.39 is 7.05 Å². The SMILES string of the molecule is CC(=O)CCCN=P(c1ccccc1)(c1ccccc1)c1ccccc1. The van der Waals surface area contributed by atoms with Gasteiger partial charge >= 0.3 is 0 Å². The maximum atomic E-state index is 11.3. The van der Waals surface area contributed by atoms with Crippen LogP contribution in [0.4, 0.5) is 0 Å². The van der Waals surface area contributed by atoms with Gasteiger partial charge in [-0.05, 0) is 13.3 Å². The van der Waals surface area contributed by atoms with E-state index in [1.807, 2.05) is 18.2 Å². The van der Waals surface area contributed by atoms with E-state index in [1.165, 1.54) is 15.9 Å². The summed E-state index contributed by atoms with van der Waals surface area (Å²) in [6.07, 6.45) is 1.38. The maximum absolute atomic E-state index is 11.3. The van der Waals surface area contributed by atoms with E-state index in [2.05, 4.69) is 72.8 Å². The standard InChI is InChI=1S/C23H24NOP/c1-20(25)12-11-19-24-26(21-13-5-2-6-14-21,22-15-7-3-8-16-22)23-17-9-4-10-18-23/h2-10,13-18H,11-12,19H2,1H3. The molecule has 3 aromatic carbocycles. The van der Waals surface area contributed by atoms with Crippen LogP contribution < -0.4 is 15.9 Å². The Hall–Kier alpha value is -2.44. The molecule has 0 bridgehead atoms. The van der Waals surface area contributed by atoms with Crippen molar-refractivity contribution in [1.82, 2.24) is 0 Å². The Morgan fingerprint density at radius 2 is 1.12 bits per heavy atom. The third kappa shape index (κ3) is 4.03. The van der Waals surface area contributed by atoms with Crippen molar-refractivity contribution >= 4 is 28.8 Å². The van der Waals surface area contributed by atoms with E-state index in [1.54, 1.807) is 6.92 Å². The molecule has 0 spiro atoms. The minimum absolute atomic E-state index is 0.225. The Morgan fingerprint density at radius 1 is 0.731 bits per heavy atom. The van der Waals surface area contributed by atoms with Crippen LogP contribution >= 0.6 is 7.05 Å². The van der Waals surface area contributed by atoms with Gasteiger partial charge < -0.3 is 4.79 Å². The zero-order chi connectivity index (χ0) is 18.2. The largest absolute Gasteiger partial charge is 0.300 e. The molecule has 0 unspecified atom stereocenters. The van der Waals surface area contributed by atoms with E-state index in [9.17, 15) is 4.79 Å².